The summed E-state index contributed by atoms with van der Waals surface area (Å²) >= 11 is 0. The molecule has 0 spiro atoms. The van der Waals surface area contributed by atoms with Crippen LogP contribution in [0.25, 0.3) is 0 Å². The quantitative estimate of drug-likeness (QED) is 0.628. The van der Waals surface area contributed by atoms with Crippen LogP contribution in [0.4, 0.5) is 0 Å². The fraction of sp³-hybridized carbons (Fsp3) is 0.889. The van der Waals surface area contributed by atoms with Gasteiger partial charge in [-0.15, -0.1) is 0 Å². The van der Waals surface area contributed by atoms with E-state index in [4.69, 9.17) is 4.74 Å². The van der Waals surface area contributed by atoms with E-state index >= 15 is 0 Å². The molecule has 2 atom stereocenters. The van der Waals surface area contributed by atoms with Crippen molar-refractivity contribution in [2.24, 2.45) is 5.92 Å². The number of ether oxygens (including phenoxy) is 1. The first-order chi connectivity index (χ1) is 5.77. The Hall–Kier alpha value is -0.570. The molecule has 1 heterocycles. The minimum absolute atomic E-state index is 0.0463. The SMILES string of the molecule is CC[C@@H]1C[C@@H](C(=O)OC)CCN1. The predicted octanol–water partition coefficient (Wildman–Crippen LogP) is 0.938. The summed E-state index contributed by atoms with van der Waals surface area (Å²) in [6.45, 7) is 3.08. The zero-order valence-electron chi connectivity index (χ0n) is 7.80. The van der Waals surface area contributed by atoms with Gasteiger partial charge in [0.25, 0.3) is 0 Å². The van der Waals surface area contributed by atoms with E-state index < -0.39 is 0 Å². The summed E-state index contributed by atoms with van der Waals surface area (Å²) < 4.78 is 4.72. The molecule has 0 aromatic carbocycles. The Morgan fingerprint density at radius 1 is 1.67 bits per heavy atom. The lowest BCUT2D eigenvalue weighted by Crippen LogP contribution is -2.40. The Morgan fingerprint density at radius 3 is 3.00 bits per heavy atom. The zero-order valence-corrected chi connectivity index (χ0v) is 7.80. The molecule has 0 saturated carbocycles. The van der Waals surface area contributed by atoms with Gasteiger partial charge in [-0.1, -0.05) is 6.92 Å². The van der Waals surface area contributed by atoms with E-state index in [0.29, 0.717) is 6.04 Å². The molecule has 1 aliphatic heterocycles. The first-order valence-corrected chi connectivity index (χ1v) is 4.59. The van der Waals surface area contributed by atoms with Crippen molar-refractivity contribution < 1.29 is 9.53 Å². The molecule has 1 rings (SSSR count). The van der Waals surface area contributed by atoms with E-state index in [1.54, 1.807) is 0 Å². The molecular weight excluding hydrogens is 154 g/mol. The highest BCUT2D eigenvalue weighted by Crippen LogP contribution is 2.18. The van der Waals surface area contributed by atoms with Crippen molar-refractivity contribution in [1.82, 2.24) is 5.32 Å². The summed E-state index contributed by atoms with van der Waals surface area (Å²) in [6, 6.07) is 0.503. The minimum Gasteiger partial charge on any atom is -0.469 e. The van der Waals surface area contributed by atoms with Crippen LogP contribution in [-0.4, -0.2) is 25.7 Å². The van der Waals surface area contributed by atoms with Gasteiger partial charge in [-0.05, 0) is 25.8 Å². The van der Waals surface area contributed by atoms with Crippen LogP contribution >= 0.6 is 0 Å². The van der Waals surface area contributed by atoms with Gasteiger partial charge in [0.05, 0.1) is 13.0 Å². The number of esters is 1. The van der Waals surface area contributed by atoms with E-state index in [9.17, 15) is 4.79 Å². The van der Waals surface area contributed by atoms with Crippen molar-refractivity contribution in [3.63, 3.8) is 0 Å². The summed E-state index contributed by atoms with van der Waals surface area (Å²) in [6.07, 6.45) is 2.94. The molecule has 0 aromatic heterocycles. The van der Waals surface area contributed by atoms with Gasteiger partial charge in [0, 0.05) is 6.04 Å². The average Bonchev–Trinajstić information content (AvgIpc) is 2.17. The third kappa shape index (κ3) is 2.21. The smallest absolute Gasteiger partial charge is 0.308 e. The molecule has 0 aliphatic carbocycles. The lowest BCUT2D eigenvalue weighted by atomic mass is 9.91. The van der Waals surface area contributed by atoms with Crippen molar-refractivity contribution in [2.75, 3.05) is 13.7 Å². The van der Waals surface area contributed by atoms with E-state index in [1.165, 1.54) is 7.11 Å². The average molecular weight is 171 g/mol. The summed E-state index contributed by atoms with van der Waals surface area (Å²) in [5, 5.41) is 3.37. The Balaban J connectivity index is 2.40. The number of nitrogens with one attached hydrogen (secondary N) is 1. The summed E-state index contributed by atoms with van der Waals surface area (Å²) in [4.78, 5) is 11.2. The monoisotopic (exact) mass is 171 g/mol. The molecular formula is C9H17NO2. The predicted molar refractivity (Wildman–Crippen MR) is 46.8 cm³/mol. The molecule has 0 radical (unpaired) electrons. The number of piperidine rings is 1. The van der Waals surface area contributed by atoms with Gasteiger partial charge < -0.3 is 10.1 Å². The second-order valence-corrected chi connectivity index (χ2v) is 3.30. The second-order valence-electron chi connectivity index (χ2n) is 3.30. The van der Waals surface area contributed by atoms with Gasteiger partial charge in [-0.25, -0.2) is 0 Å². The van der Waals surface area contributed by atoms with Crippen LogP contribution in [0, 0.1) is 5.92 Å². The van der Waals surface area contributed by atoms with Gasteiger partial charge in [-0.3, -0.25) is 4.79 Å². The Bertz CT molecular complexity index is 159. The number of methoxy groups -OCH3 is 1. The fourth-order valence-electron chi connectivity index (χ4n) is 1.70. The van der Waals surface area contributed by atoms with Crippen molar-refractivity contribution in [2.45, 2.75) is 32.2 Å². The largest absolute Gasteiger partial charge is 0.469 e. The van der Waals surface area contributed by atoms with Crippen molar-refractivity contribution in [3.8, 4) is 0 Å². The van der Waals surface area contributed by atoms with Crippen LogP contribution in [0.3, 0.4) is 0 Å². The third-order valence-corrected chi connectivity index (χ3v) is 2.52. The van der Waals surface area contributed by atoms with Crippen LogP contribution in [0.5, 0.6) is 0 Å². The number of carbonyl (C=O) groups is 1. The van der Waals surface area contributed by atoms with Crippen LogP contribution in [0.1, 0.15) is 26.2 Å². The minimum atomic E-state index is -0.0463. The van der Waals surface area contributed by atoms with Gasteiger partial charge in [-0.2, -0.15) is 0 Å². The molecule has 3 nitrogen and oxygen atoms in total. The van der Waals surface area contributed by atoms with Gasteiger partial charge in [0.2, 0.25) is 0 Å². The lowest BCUT2D eigenvalue weighted by molar-refractivity contribution is -0.146. The summed E-state index contributed by atoms with van der Waals surface area (Å²) in [7, 11) is 1.46. The molecule has 0 bridgehead atoms. The van der Waals surface area contributed by atoms with Crippen LogP contribution in [0.2, 0.25) is 0 Å². The maximum Gasteiger partial charge on any atom is 0.308 e. The van der Waals surface area contributed by atoms with Gasteiger partial charge >= 0.3 is 5.97 Å². The normalized spacial score (nSPS) is 29.8. The zero-order chi connectivity index (χ0) is 8.97. The Labute approximate surface area is 73.5 Å². The summed E-state index contributed by atoms with van der Waals surface area (Å²) in [5.74, 6) is 0.0798. The Morgan fingerprint density at radius 2 is 2.42 bits per heavy atom. The number of hydrogen-bond acceptors (Lipinski definition) is 3. The fourth-order valence-corrected chi connectivity index (χ4v) is 1.70. The lowest BCUT2D eigenvalue weighted by Gasteiger charge is -2.27. The van der Waals surface area contributed by atoms with Gasteiger partial charge in [0.1, 0.15) is 0 Å². The van der Waals surface area contributed by atoms with Crippen LogP contribution in [-0.2, 0) is 9.53 Å². The maximum absolute atomic E-state index is 11.2. The number of hydrogen-bond donors (Lipinski definition) is 1. The highest BCUT2D eigenvalue weighted by atomic mass is 16.5. The maximum atomic E-state index is 11.2. The molecule has 1 N–H and O–H groups in total. The van der Waals surface area contributed by atoms with Crippen molar-refractivity contribution in [1.29, 1.82) is 0 Å². The molecule has 0 amide bonds. The van der Waals surface area contributed by atoms with Crippen LogP contribution in [0.15, 0.2) is 0 Å². The topological polar surface area (TPSA) is 38.3 Å². The number of carbonyl (C=O) groups excluding carboxylic acids is 1. The summed E-state index contributed by atoms with van der Waals surface area (Å²) in [5.41, 5.74) is 0. The molecule has 1 saturated heterocycles. The molecule has 3 heteroatoms. The van der Waals surface area contributed by atoms with Crippen molar-refractivity contribution >= 4 is 5.97 Å². The van der Waals surface area contributed by atoms with E-state index in [1.807, 2.05) is 0 Å². The highest BCUT2D eigenvalue weighted by molar-refractivity contribution is 5.72. The molecule has 0 unspecified atom stereocenters. The van der Waals surface area contributed by atoms with E-state index in [0.717, 1.165) is 25.8 Å². The highest BCUT2D eigenvalue weighted by Gasteiger charge is 2.26. The van der Waals surface area contributed by atoms with Gasteiger partial charge in [0.15, 0.2) is 0 Å². The standard InChI is InChI=1S/C9H17NO2/c1-3-8-6-7(4-5-10-8)9(11)12-2/h7-8,10H,3-6H2,1-2H3/t7-,8+/m0/s1. The molecule has 1 fully saturated rings. The molecule has 12 heavy (non-hydrogen) atoms. The molecule has 1 aliphatic rings. The first kappa shape index (κ1) is 9.52. The number of rotatable bonds is 2. The first-order valence-electron chi connectivity index (χ1n) is 4.59. The third-order valence-electron chi connectivity index (χ3n) is 2.52. The van der Waals surface area contributed by atoms with E-state index in [-0.39, 0.29) is 11.9 Å². The molecule has 70 valence electrons. The Kier molecular flexibility index (Phi) is 3.53. The second kappa shape index (κ2) is 4.45. The van der Waals surface area contributed by atoms with Crippen molar-refractivity contribution in [3.05, 3.63) is 0 Å². The van der Waals surface area contributed by atoms with E-state index in [2.05, 4.69) is 12.2 Å². The molecule has 0 aromatic rings. The van der Waals surface area contributed by atoms with Crippen LogP contribution < -0.4 is 5.32 Å².